The van der Waals surface area contributed by atoms with E-state index in [4.69, 9.17) is 29.8 Å². The van der Waals surface area contributed by atoms with Crippen LogP contribution in [-0.4, -0.2) is 134 Å². The number of hydrogen-bond acceptors (Lipinski definition) is 13. The van der Waals surface area contributed by atoms with Gasteiger partial charge in [-0.05, 0) is 62.1 Å². The summed E-state index contributed by atoms with van der Waals surface area (Å²) >= 11 is 0. The Morgan fingerprint density at radius 2 is 1.11 bits per heavy atom. The third-order valence-electron chi connectivity index (χ3n) is 12.3. The molecule has 4 amide bonds. The molecule has 1 rings (SSSR count). The molecular formula is C53H88N4O15. The van der Waals surface area contributed by atoms with Gasteiger partial charge in [-0.3, -0.25) is 33.6 Å². The van der Waals surface area contributed by atoms with Crippen LogP contribution < -0.4 is 21.7 Å². The molecule has 0 aromatic heterocycles. The number of Topliss-reactive ketones (excluding diaryl/α,β-unsaturated/α-hetero) is 2. The van der Waals surface area contributed by atoms with Crippen molar-refractivity contribution in [3.8, 4) is 5.75 Å². The number of carboxylic acid groups (broad SMARTS) is 2. The van der Waals surface area contributed by atoms with Gasteiger partial charge in [0.25, 0.3) is 0 Å². The van der Waals surface area contributed by atoms with E-state index in [1.807, 2.05) is 13.8 Å². The normalized spacial score (nSPS) is 12.9. The molecule has 1 aromatic rings. The summed E-state index contributed by atoms with van der Waals surface area (Å²) in [6.45, 7) is 4.83. The molecule has 19 heteroatoms. The van der Waals surface area contributed by atoms with Gasteiger partial charge in [0, 0.05) is 51.2 Å². The monoisotopic (exact) mass is 1020 g/mol. The number of aromatic hydroxyl groups is 1. The zero-order valence-corrected chi connectivity index (χ0v) is 43.3. The molecule has 0 aliphatic rings. The summed E-state index contributed by atoms with van der Waals surface area (Å²) in [5.41, 5.74) is 6.42. The van der Waals surface area contributed by atoms with E-state index in [0.29, 0.717) is 32.3 Å². The molecule has 1 aromatic carbocycles. The fourth-order valence-corrected chi connectivity index (χ4v) is 7.79. The fraction of sp³-hybridized carbons (Fsp3) is 0.736. The number of unbranched alkanes of at least 4 members (excludes halogenated alkanes) is 13. The number of benzene rings is 1. The van der Waals surface area contributed by atoms with Gasteiger partial charge < -0.3 is 56.0 Å². The lowest BCUT2D eigenvalue weighted by atomic mass is 9.88. The van der Waals surface area contributed by atoms with Gasteiger partial charge in [-0.1, -0.05) is 109 Å². The molecule has 0 unspecified atom stereocenters. The Kier molecular flexibility index (Phi) is 38.4. The van der Waals surface area contributed by atoms with Crippen molar-refractivity contribution in [1.82, 2.24) is 16.0 Å². The van der Waals surface area contributed by atoms with Gasteiger partial charge in [0.15, 0.2) is 11.6 Å². The van der Waals surface area contributed by atoms with Crippen LogP contribution in [0.2, 0.25) is 0 Å². The lowest BCUT2D eigenvalue weighted by Crippen LogP contribution is -2.46. The molecule has 72 heavy (non-hydrogen) atoms. The van der Waals surface area contributed by atoms with Gasteiger partial charge in [0.1, 0.15) is 25.0 Å². The number of primary amides is 1. The maximum absolute atomic E-state index is 13.2. The quantitative estimate of drug-likeness (QED) is 0.0362. The Hall–Kier alpha value is -4.98. The largest absolute Gasteiger partial charge is 0.508 e. The van der Waals surface area contributed by atoms with Gasteiger partial charge in [-0.15, -0.1) is 0 Å². The number of phenols is 1. The van der Waals surface area contributed by atoms with Crippen LogP contribution in [0.1, 0.15) is 167 Å². The summed E-state index contributed by atoms with van der Waals surface area (Å²) in [6, 6.07) is 4.54. The Morgan fingerprint density at radius 1 is 0.569 bits per heavy atom. The minimum Gasteiger partial charge on any atom is -0.508 e. The van der Waals surface area contributed by atoms with Crippen LogP contribution in [0, 0.1) is 11.8 Å². The first-order valence-electron chi connectivity index (χ1n) is 26.3. The van der Waals surface area contributed by atoms with E-state index in [1.54, 1.807) is 12.1 Å². The van der Waals surface area contributed by atoms with Crippen molar-refractivity contribution in [2.75, 3.05) is 59.4 Å². The zero-order valence-electron chi connectivity index (χ0n) is 43.3. The Balaban J connectivity index is 2.04. The summed E-state index contributed by atoms with van der Waals surface area (Å²) in [7, 11) is 0. The van der Waals surface area contributed by atoms with E-state index in [-0.39, 0.29) is 133 Å². The van der Waals surface area contributed by atoms with E-state index < -0.39 is 41.8 Å². The highest BCUT2D eigenvalue weighted by atomic mass is 16.5. The zero-order chi connectivity index (χ0) is 53.2. The van der Waals surface area contributed by atoms with Crippen LogP contribution >= 0.6 is 0 Å². The Labute approximate surface area is 427 Å². The summed E-state index contributed by atoms with van der Waals surface area (Å²) in [5.74, 6) is -4.51. The van der Waals surface area contributed by atoms with Crippen molar-refractivity contribution < 1.29 is 72.6 Å². The number of nitrogens with two attached hydrogens (primary N) is 1. The third kappa shape index (κ3) is 36.0. The topological polar surface area (TPSA) is 296 Å². The van der Waals surface area contributed by atoms with Crippen molar-refractivity contribution >= 4 is 47.1 Å². The predicted octanol–water partition coefficient (Wildman–Crippen LogP) is 6.12. The van der Waals surface area contributed by atoms with E-state index in [1.165, 1.54) is 50.7 Å². The van der Waals surface area contributed by atoms with Crippen molar-refractivity contribution in [3.63, 3.8) is 0 Å². The fourth-order valence-electron chi connectivity index (χ4n) is 7.79. The minimum atomic E-state index is -1.19. The second kappa shape index (κ2) is 42.5. The van der Waals surface area contributed by atoms with Crippen molar-refractivity contribution in [2.45, 2.75) is 180 Å². The number of hydrogen-bond donors (Lipinski definition) is 7. The number of nitrogens with one attached hydrogen (secondary N) is 3. The van der Waals surface area contributed by atoms with Crippen molar-refractivity contribution in [3.05, 3.63) is 29.8 Å². The highest BCUT2D eigenvalue weighted by Gasteiger charge is 2.27. The van der Waals surface area contributed by atoms with E-state index in [0.717, 1.165) is 50.5 Å². The molecule has 0 bridgehead atoms. The molecular weight excluding hydrogens is 933 g/mol. The van der Waals surface area contributed by atoms with Gasteiger partial charge >= 0.3 is 11.9 Å². The molecule has 19 nitrogen and oxygen atoms in total. The number of rotatable bonds is 49. The summed E-state index contributed by atoms with van der Waals surface area (Å²) < 4.78 is 21.7. The van der Waals surface area contributed by atoms with Gasteiger partial charge in [0.05, 0.1) is 39.1 Å². The molecule has 0 heterocycles. The van der Waals surface area contributed by atoms with Gasteiger partial charge in [0.2, 0.25) is 23.6 Å². The predicted molar refractivity (Wildman–Crippen MR) is 271 cm³/mol. The minimum absolute atomic E-state index is 0.0370. The van der Waals surface area contributed by atoms with E-state index >= 15 is 0 Å². The first kappa shape index (κ1) is 65.0. The third-order valence-corrected chi connectivity index (χ3v) is 12.3. The van der Waals surface area contributed by atoms with Gasteiger partial charge in [-0.2, -0.15) is 0 Å². The molecule has 0 saturated carbocycles. The molecule has 0 spiro atoms. The average Bonchev–Trinajstić information content (AvgIpc) is 3.34. The van der Waals surface area contributed by atoms with Crippen LogP contribution in [0.15, 0.2) is 24.3 Å². The van der Waals surface area contributed by atoms with Crippen LogP contribution in [-0.2, 0) is 63.7 Å². The van der Waals surface area contributed by atoms with Crippen molar-refractivity contribution in [2.24, 2.45) is 17.6 Å². The highest BCUT2D eigenvalue weighted by molar-refractivity contribution is 5.90. The number of phenolic OH excluding ortho intramolecular Hbond substituents is 1. The second-order valence-corrected chi connectivity index (χ2v) is 18.6. The molecule has 0 saturated heterocycles. The SMILES string of the molecule is CC[C@H](C)[C@H](NC(=O)COCCOCCCC(=O)COCCOCCNC(=O)CC[C@H](NC(=O)CCCCCCCCCCCCCCCCC(=O)O)C(=O)O)C(=O)CC[C@@H](Cc1ccc(O)cc1)C(N)=O. The smallest absolute Gasteiger partial charge is 0.326 e. The molecule has 0 aliphatic heterocycles. The molecule has 410 valence electrons. The molecule has 0 fully saturated rings. The Bertz CT molecular complexity index is 1700. The van der Waals surface area contributed by atoms with Crippen molar-refractivity contribution in [1.29, 1.82) is 0 Å². The molecule has 4 atom stereocenters. The number of ketones is 2. The standard InChI is InChI=1S/C53H88N4O15/c1-3-40(2)51(46(60)28-24-42(52(54)66)37-41-22-25-43(58)26-23-41)57-49(63)39-72-36-33-69-31-18-19-44(59)38-71-35-34-70-32-30-55-47(61)29-27-45(53(67)68)56-48(62)20-16-14-12-10-8-6-4-5-7-9-11-13-15-17-21-50(64)65/h22-23,25-26,40,42,45,51,58H,3-21,24,27-39H2,1-2H3,(H2,54,66)(H,55,61)(H,56,62)(H,57,63)(H,64,65)(H,67,68)/t40-,42-,45-,51-/m0/s1. The number of carbonyl (C=O) groups excluding carboxylic acids is 6. The number of aliphatic carboxylic acids is 2. The van der Waals surface area contributed by atoms with Crippen LogP contribution in [0.25, 0.3) is 0 Å². The van der Waals surface area contributed by atoms with Crippen LogP contribution in [0.5, 0.6) is 5.75 Å². The molecule has 8 N–H and O–H groups in total. The molecule has 0 aliphatic carbocycles. The van der Waals surface area contributed by atoms with Crippen LogP contribution in [0.4, 0.5) is 0 Å². The first-order valence-corrected chi connectivity index (χ1v) is 26.3. The number of carbonyl (C=O) groups is 8. The molecule has 0 radical (unpaired) electrons. The maximum atomic E-state index is 13.2. The average molecular weight is 1020 g/mol. The van der Waals surface area contributed by atoms with E-state index in [2.05, 4.69) is 16.0 Å². The number of ether oxygens (including phenoxy) is 4. The number of carboxylic acids is 2. The van der Waals surface area contributed by atoms with Gasteiger partial charge in [-0.25, -0.2) is 4.79 Å². The maximum Gasteiger partial charge on any atom is 0.326 e. The lowest BCUT2D eigenvalue weighted by molar-refractivity contribution is -0.142. The highest BCUT2D eigenvalue weighted by Crippen LogP contribution is 2.20. The second-order valence-electron chi connectivity index (χ2n) is 18.6. The summed E-state index contributed by atoms with van der Waals surface area (Å²) in [4.78, 5) is 97.0. The summed E-state index contributed by atoms with van der Waals surface area (Å²) in [6.07, 6.45) is 17.3. The lowest BCUT2D eigenvalue weighted by Gasteiger charge is -2.24. The Morgan fingerprint density at radius 3 is 1.67 bits per heavy atom. The first-order chi connectivity index (χ1) is 34.6. The number of amides is 4. The van der Waals surface area contributed by atoms with E-state index in [9.17, 15) is 48.6 Å². The van der Waals surface area contributed by atoms with Crippen LogP contribution in [0.3, 0.4) is 0 Å². The summed E-state index contributed by atoms with van der Waals surface area (Å²) in [5, 5.41) is 35.7.